The van der Waals surface area contributed by atoms with Crippen LogP contribution in [0.25, 0.3) is 5.65 Å². The van der Waals surface area contributed by atoms with Gasteiger partial charge in [-0.2, -0.15) is 17.5 Å². The number of alkyl halides is 3. The van der Waals surface area contributed by atoms with Gasteiger partial charge in [-0.15, -0.1) is 0 Å². The van der Waals surface area contributed by atoms with Gasteiger partial charge in [0, 0.05) is 30.7 Å². The molecular formula is C16H13ClF3N3O2S. The van der Waals surface area contributed by atoms with Crippen LogP contribution >= 0.6 is 11.6 Å². The molecule has 2 aromatic heterocycles. The number of benzene rings is 1. The second-order valence-electron chi connectivity index (χ2n) is 5.57. The van der Waals surface area contributed by atoms with Gasteiger partial charge < -0.3 is 4.40 Å². The molecule has 0 radical (unpaired) electrons. The molecule has 3 rings (SSSR count). The minimum absolute atomic E-state index is 0.225. The van der Waals surface area contributed by atoms with E-state index in [0.29, 0.717) is 9.95 Å². The van der Waals surface area contributed by atoms with Crippen molar-refractivity contribution in [2.45, 2.75) is 17.1 Å². The Morgan fingerprint density at radius 3 is 2.42 bits per heavy atom. The molecule has 0 aliphatic rings. The highest BCUT2D eigenvalue weighted by atomic mass is 35.5. The van der Waals surface area contributed by atoms with Crippen LogP contribution < -0.4 is 0 Å². The molecule has 2 heterocycles. The van der Waals surface area contributed by atoms with Crippen LogP contribution in [0.4, 0.5) is 13.2 Å². The minimum atomic E-state index is -4.81. The SMILES string of the molecule is CN([C@H](c1ccc(Cl)cc1)C(F)(F)F)S(=O)(=O)c1ccc2nccn2c1. The van der Waals surface area contributed by atoms with Crippen molar-refractivity contribution >= 4 is 27.3 Å². The Morgan fingerprint density at radius 1 is 1.15 bits per heavy atom. The molecule has 138 valence electrons. The molecule has 0 amide bonds. The first-order valence-corrected chi connectivity index (χ1v) is 9.15. The molecule has 0 saturated heterocycles. The number of imidazole rings is 1. The third kappa shape index (κ3) is 3.42. The number of fused-ring (bicyclic) bond motifs is 1. The van der Waals surface area contributed by atoms with Gasteiger partial charge in [0.2, 0.25) is 10.0 Å². The molecule has 1 atom stereocenters. The van der Waals surface area contributed by atoms with E-state index in [1.165, 1.54) is 47.3 Å². The molecule has 0 fully saturated rings. The van der Waals surface area contributed by atoms with E-state index in [1.54, 1.807) is 0 Å². The van der Waals surface area contributed by atoms with Crippen molar-refractivity contribution in [1.29, 1.82) is 0 Å². The van der Waals surface area contributed by atoms with E-state index in [4.69, 9.17) is 11.6 Å². The first-order chi connectivity index (χ1) is 12.1. The van der Waals surface area contributed by atoms with Crippen LogP contribution in [-0.4, -0.2) is 35.3 Å². The summed E-state index contributed by atoms with van der Waals surface area (Å²) in [6.07, 6.45) is -0.616. The fourth-order valence-corrected chi connectivity index (χ4v) is 4.07. The van der Waals surface area contributed by atoms with Crippen LogP contribution in [0.1, 0.15) is 11.6 Å². The van der Waals surface area contributed by atoms with Crippen molar-refractivity contribution in [1.82, 2.24) is 13.7 Å². The van der Waals surface area contributed by atoms with E-state index >= 15 is 0 Å². The fourth-order valence-electron chi connectivity index (χ4n) is 2.61. The summed E-state index contributed by atoms with van der Waals surface area (Å²) in [6, 6.07) is 5.19. The Morgan fingerprint density at radius 2 is 1.81 bits per heavy atom. The molecule has 0 spiro atoms. The van der Waals surface area contributed by atoms with Gasteiger partial charge in [-0.25, -0.2) is 13.4 Å². The third-order valence-corrected chi connectivity index (χ3v) is 5.96. The Bertz CT molecular complexity index is 1030. The zero-order chi connectivity index (χ0) is 19.1. The van der Waals surface area contributed by atoms with E-state index in [0.717, 1.165) is 19.2 Å². The number of rotatable bonds is 4. The summed E-state index contributed by atoms with van der Waals surface area (Å²) in [5.74, 6) is 0. The van der Waals surface area contributed by atoms with E-state index in [-0.39, 0.29) is 15.5 Å². The summed E-state index contributed by atoms with van der Waals surface area (Å²) in [7, 11) is -3.51. The Balaban J connectivity index is 2.07. The number of halogens is 4. The van der Waals surface area contributed by atoms with Crippen LogP contribution in [0.5, 0.6) is 0 Å². The molecule has 0 aliphatic carbocycles. The molecule has 0 unspecified atom stereocenters. The van der Waals surface area contributed by atoms with Gasteiger partial charge in [-0.3, -0.25) is 0 Å². The standard InChI is InChI=1S/C16H13ClF3N3O2S/c1-22(15(16(18,19)20)11-2-4-12(17)5-3-11)26(24,25)13-6-7-14-21-8-9-23(14)10-13/h2-10,15H,1H3/t15-/m1/s1. The molecular weight excluding hydrogens is 391 g/mol. The lowest BCUT2D eigenvalue weighted by atomic mass is 10.1. The van der Waals surface area contributed by atoms with Crippen molar-refractivity contribution < 1.29 is 21.6 Å². The lowest BCUT2D eigenvalue weighted by molar-refractivity contribution is -0.171. The topological polar surface area (TPSA) is 54.7 Å². The molecule has 10 heteroatoms. The number of hydrogen-bond acceptors (Lipinski definition) is 3. The van der Waals surface area contributed by atoms with Crippen molar-refractivity contribution in [2.24, 2.45) is 0 Å². The maximum atomic E-state index is 13.7. The normalized spacial score (nSPS) is 14.1. The Hall–Kier alpha value is -2.10. The lowest BCUT2D eigenvalue weighted by Crippen LogP contribution is -2.39. The van der Waals surface area contributed by atoms with Gasteiger partial charge in [-0.05, 0) is 29.8 Å². The molecule has 0 saturated carbocycles. The Kier molecular flexibility index (Phi) is 4.72. The van der Waals surface area contributed by atoms with Crippen molar-refractivity contribution in [3.63, 3.8) is 0 Å². The quantitative estimate of drug-likeness (QED) is 0.663. The monoisotopic (exact) mass is 403 g/mol. The first-order valence-electron chi connectivity index (χ1n) is 7.33. The molecule has 0 aliphatic heterocycles. The second-order valence-corrected chi connectivity index (χ2v) is 8.01. The highest BCUT2D eigenvalue weighted by Crippen LogP contribution is 2.39. The predicted molar refractivity (Wildman–Crippen MR) is 90.4 cm³/mol. The molecule has 0 bridgehead atoms. The summed E-state index contributed by atoms with van der Waals surface area (Å²) >= 11 is 5.72. The van der Waals surface area contributed by atoms with E-state index in [1.807, 2.05) is 0 Å². The smallest absolute Gasteiger partial charge is 0.306 e. The van der Waals surface area contributed by atoms with Crippen molar-refractivity contribution in [2.75, 3.05) is 7.05 Å². The molecule has 5 nitrogen and oxygen atoms in total. The number of pyridine rings is 1. The van der Waals surface area contributed by atoms with Gasteiger partial charge >= 0.3 is 6.18 Å². The minimum Gasteiger partial charge on any atom is -0.306 e. The van der Waals surface area contributed by atoms with Gasteiger partial charge in [0.05, 0.1) is 4.90 Å². The zero-order valence-electron chi connectivity index (χ0n) is 13.4. The fraction of sp³-hybridized carbons (Fsp3) is 0.188. The summed E-state index contributed by atoms with van der Waals surface area (Å²) in [4.78, 5) is 3.71. The van der Waals surface area contributed by atoms with Gasteiger partial charge in [0.25, 0.3) is 0 Å². The first kappa shape index (κ1) is 18.7. The molecule has 3 aromatic rings. The van der Waals surface area contributed by atoms with Crippen molar-refractivity contribution in [3.05, 3.63) is 65.6 Å². The third-order valence-electron chi connectivity index (χ3n) is 3.90. The van der Waals surface area contributed by atoms with E-state index < -0.39 is 22.2 Å². The summed E-state index contributed by atoms with van der Waals surface area (Å²) in [5, 5.41) is 0.255. The van der Waals surface area contributed by atoms with Gasteiger partial charge in [-0.1, -0.05) is 23.7 Å². The van der Waals surface area contributed by atoms with Crippen LogP contribution in [0, 0.1) is 0 Å². The Labute approximate surface area is 152 Å². The van der Waals surface area contributed by atoms with Crippen molar-refractivity contribution in [3.8, 4) is 0 Å². The molecule has 1 aromatic carbocycles. The zero-order valence-corrected chi connectivity index (χ0v) is 14.9. The maximum absolute atomic E-state index is 13.7. The van der Waals surface area contributed by atoms with E-state index in [2.05, 4.69) is 4.98 Å². The summed E-state index contributed by atoms with van der Waals surface area (Å²) in [5.41, 5.74) is 0.258. The maximum Gasteiger partial charge on any atom is 0.409 e. The molecule has 0 N–H and O–H groups in total. The predicted octanol–water partition coefficient (Wildman–Crippen LogP) is 3.91. The summed E-state index contributed by atoms with van der Waals surface area (Å²) in [6.45, 7) is 0. The van der Waals surface area contributed by atoms with Crippen LogP contribution in [0.2, 0.25) is 5.02 Å². The number of nitrogens with zero attached hydrogens (tertiary/aromatic N) is 3. The number of hydrogen-bond donors (Lipinski definition) is 0. The lowest BCUT2D eigenvalue weighted by Gasteiger charge is -2.29. The van der Waals surface area contributed by atoms with Gasteiger partial charge in [0.1, 0.15) is 11.7 Å². The number of sulfonamides is 1. The average Bonchev–Trinajstić information content (AvgIpc) is 3.03. The van der Waals surface area contributed by atoms with Gasteiger partial charge in [0.15, 0.2) is 0 Å². The summed E-state index contributed by atoms with van der Waals surface area (Å²) < 4.78 is 68.3. The van der Waals surface area contributed by atoms with Crippen LogP contribution in [0.3, 0.4) is 0 Å². The number of aromatic nitrogens is 2. The van der Waals surface area contributed by atoms with Crippen LogP contribution in [-0.2, 0) is 10.0 Å². The average molecular weight is 404 g/mol. The molecule has 26 heavy (non-hydrogen) atoms. The van der Waals surface area contributed by atoms with Crippen LogP contribution in [0.15, 0.2) is 59.9 Å². The largest absolute Gasteiger partial charge is 0.409 e. The highest BCUT2D eigenvalue weighted by molar-refractivity contribution is 7.89. The highest BCUT2D eigenvalue weighted by Gasteiger charge is 2.47. The van der Waals surface area contributed by atoms with E-state index in [9.17, 15) is 21.6 Å². The second kappa shape index (κ2) is 6.57.